The molecule has 17 heavy (non-hydrogen) atoms. The summed E-state index contributed by atoms with van der Waals surface area (Å²) in [6.45, 7) is 0.0388. The van der Waals surface area contributed by atoms with Gasteiger partial charge in [-0.25, -0.2) is 9.59 Å². The molecule has 2 amide bonds. The van der Waals surface area contributed by atoms with Crippen molar-refractivity contribution in [3.8, 4) is 12.3 Å². The van der Waals surface area contributed by atoms with Gasteiger partial charge in [-0.15, -0.1) is 6.42 Å². The zero-order valence-electron chi connectivity index (χ0n) is 9.34. The highest BCUT2D eigenvalue weighted by atomic mass is 16.4. The lowest BCUT2D eigenvalue weighted by Gasteiger charge is -2.19. The van der Waals surface area contributed by atoms with E-state index in [-0.39, 0.29) is 19.4 Å². The first-order valence-corrected chi connectivity index (χ1v) is 4.78. The summed E-state index contributed by atoms with van der Waals surface area (Å²) in [5.41, 5.74) is 0. The zero-order chi connectivity index (χ0) is 13.4. The average Bonchev–Trinajstić information content (AvgIpc) is 2.23. The van der Waals surface area contributed by atoms with Crippen LogP contribution in [0.25, 0.3) is 0 Å². The van der Waals surface area contributed by atoms with E-state index in [4.69, 9.17) is 16.6 Å². The maximum absolute atomic E-state index is 11.4. The van der Waals surface area contributed by atoms with E-state index in [0.29, 0.717) is 0 Å². The highest BCUT2D eigenvalue weighted by molar-refractivity contribution is 5.83. The first kappa shape index (κ1) is 14.8. The van der Waals surface area contributed by atoms with Crippen LogP contribution in [-0.2, 0) is 9.59 Å². The maximum atomic E-state index is 11.4. The number of carboxylic acids is 2. The Balaban J connectivity index is 4.35. The molecule has 94 valence electrons. The van der Waals surface area contributed by atoms with Crippen molar-refractivity contribution in [2.75, 3.05) is 13.6 Å². The van der Waals surface area contributed by atoms with Gasteiger partial charge < -0.3 is 20.4 Å². The number of hydrogen-bond donors (Lipinski definition) is 3. The van der Waals surface area contributed by atoms with Crippen LogP contribution in [0.3, 0.4) is 0 Å². The van der Waals surface area contributed by atoms with Crippen LogP contribution in [0.2, 0.25) is 0 Å². The van der Waals surface area contributed by atoms with E-state index in [1.54, 1.807) is 0 Å². The first-order valence-electron chi connectivity index (χ1n) is 4.78. The fourth-order valence-corrected chi connectivity index (χ4v) is 0.993. The Bertz CT molecular complexity index is 347. The van der Waals surface area contributed by atoms with Gasteiger partial charge in [0.1, 0.15) is 6.04 Å². The van der Waals surface area contributed by atoms with Crippen LogP contribution in [0.5, 0.6) is 0 Å². The van der Waals surface area contributed by atoms with Crippen molar-refractivity contribution in [2.24, 2.45) is 0 Å². The summed E-state index contributed by atoms with van der Waals surface area (Å²) in [5, 5.41) is 19.4. The molecule has 0 spiro atoms. The summed E-state index contributed by atoms with van der Waals surface area (Å²) < 4.78 is 0. The van der Waals surface area contributed by atoms with E-state index >= 15 is 0 Å². The molecule has 0 aliphatic rings. The third-order valence-electron chi connectivity index (χ3n) is 1.92. The number of nitrogens with zero attached hydrogens (tertiary/aromatic N) is 1. The number of carbonyl (C=O) groups is 3. The van der Waals surface area contributed by atoms with Gasteiger partial charge in [-0.3, -0.25) is 4.79 Å². The molecule has 3 N–H and O–H groups in total. The molecule has 1 atom stereocenters. The second kappa shape index (κ2) is 7.11. The van der Waals surface area contributed by atoms with Gasteiger partial charge in [0.25, 0.3) is 0 Å². The molecule has 7 heteroatoms. The molecule has 0 radical (unpaired) electrons. The SMILES string of the molecule is C#CCN(C)C(=O)NC(CCC(=O)O)C(=O)O. The summed E-state index contributed by atoms with van der Waals surface area (Å²) in [5.74, 6) is -0.182. The van der Waals surface area contributed by atoms with Gasteiger partial charge in [-0.1, -0.05) is 5.92 Å². The van der Waals surface area contributed by atoms with Crippen molar-refractivity contribution < 1.29 is 24.6 Å². The molecule has 7 nitrogen and oxygen atoms in total. The van der Waals surface area contributed by atoms with Crippen LogP contribution >= 0.6 is 0 Å². The third kappa shape index (κ3) is 6.04. The predicted molar refractivity (Wildman–Crippen MR) is 58.3 cm³/mol. The minimum absolute atomic E-state index is 0.0388. The highest BCUT2D eigenvalue weighted by Crippen LogP contribution is 1.99. The largest absolute Gasteiger partial charge is 0.481 e. The monoisotopic (exact) mass is 242 g/mol. The van der Waals surface area contributed by atoms with Gasteiger partial charge in [0.2, 0.25) is 0 Å². The number of carbonyl (C=O) groups excluding carboxylic acids is 1. The van der Waals surface area contributed by atoms with Crippen LogP contribution in [-0.4, -0.2) is 52.7 Å². The average molecular weight is 242 g/mol. The number of terminal acetylenes is 1. The van der Waals surface area contributed by atoms with Gasteiger partial charge in [0.15, 0.2) is 0 Å². The summed E-state index contributed by atoms with van der Waals surface area (Å²) in [7, 11) is 1.41. The smallest absolute Gasteiger partial charge is 0.326 e. The summed E-state index contributed by atoms with van der Waals surface area (Å²) in [6, 6.07) is -1.89. The summed E-state index contributed by atoms with van der Waals surface area (Å²) in [4.78, 5) is 33.6. The van der Waals surface area contributed by atoms with Crippen molar-refractivity contribution in [2.45, 2.75) is 18.9 Å². The predicted octanol–water partition coefficient (Wildman–Crippen LogP) is -0.421. The maximum Gasteiger partial charge on any atom is 0.326 e. The summed E-state index contributed by atoms with van der Waals surface area (Å²) >= 11 is 0. The molecule has 0 aromatic heterocycles. The molecule has 0 aromatic carbocycles. The molecule has 0 aliphatic carbocycles. The fourth-order valence-electron chi connectivity index (χ4n) is 0.993. The van der Waals surface area contributed by atoms with Crippen molar-refractivity contribution in [3.63, 3.8) is 0 Å². The molecule has 0 aliphatic heterocycles. The molecule has 0 saturated heterocycles. The lowest BCUT2D eigenvalue weighted by atomic mass is 10.1. The number of nitrogens with one attached hydrogen (secondary N) is 1. The van der Waals surface area contributed by atoms with E-state index in [2.05, 4.69) is 11.2 Å². The summed E-state index contributed by atoms with van der Waals surface area (Å²) in [6.07, 6.45) is 4.47. The molecule has 0 aromatic rings. The molecular weight excluding hydrogens is 228 g/mol. The lowest BCUT2D eigenvalue weighted by molar-refractivity contribution is -0.140. The Morgan fingerprint density at radius 1 is 1.41 bits per heavy atom. The van der Waals surface area contributed by atoms with E-state index in [1.165, 1.54) is 7.05 Å². The van der Waals surface area contributed by atoms with Crippen molar-refractivity contribution >= 4 is 18.0 Å². The van der Waals surface area contributed by atoms with Crippen molar-refractivity contribution in [1.82, 2.24) is 10.2 Å². The Labute approximate surface area is 98.4 Å². The van der Waals surface area contributed by atoms with Crippen LogP contribution in [0.15, 0.2) is 0 Å². The minimum Gasteiger partial charge on any atom is -0.481 e. The minimum atomic E-state index is -1.28. The highest BCUT2D eigenvalue weighted by Gasteiger charge is 2.22. The second-order valence-electron chi connectivity index (χ2n) is 3.33. The van der Waals surface area contributed by atoms with E-state index in [9.17, 15) is 14.4 Å². The molecule has 0 bridgehead atoms. The van der Waals surface area contributed by atoms with Gasteiger partial charge in [0.05, 0.1) is 6.54 Å². The van der Waals surface area contributed by atoms with Crippen molar-refractivity contribution in [1.29, 1.82) is 0 Å². The number of aliphatic carboxylic acids is 2. The quantitative estimate of drug-likeness (QED) is 0.548. The topological polar surface area (TPSA) is 107 Å². The molecule has 0 rings (SSSR count). The molecule has 0 fully saturated rings. The molecule has 1 unspecified atom stereocenters. The Hall–Kier alpha value is -2.23. The number of carboxylic acid groups (broad SMARTS) is 2. The van der Waals surface area contributed by atoms with E-state index < -0.39 is 24.0 Å². The van der Waals surface area contributed by atoms with Crippen molar-refractivity contribution in [3.05, 3.63) is 0 Å². The lowest BCUT2D eigenvalue weighted by Crippen LogP contribution is -2.46. The number of rotatable bonds is 6. The van der Waals surface area contributed by atoms with Crippen LogP contribution < -0.4 is 5.32 Å². The molecular formula is C10H14N2O5. The number of hydrogen-bond acceptors (Lipinski definition) is 3. The molecule has 0 saturated carbocycles. The Kier molecular flexibility index (Phi) is 6.18. The zero-order valence-corrected chi connectivity index (χ0v) is 9.34. The van der Waals surface area contributed by atoms with Crippen LogP contribution in [0.1, 0.15) is 12.8 Å². The van der Waals surface area contributed by atoms with E-state index in [0.717, 1.165) is 4.90 Å². The standard InChI is InChI=1S/C10H14N2O5/c1-3-6-12(2)10(17)11-7(9(15)16)4-5-8(13)14/h1,7H,4-6H2,2H3,(H,11,17)(H,13,14)(H,15,16). The van der Waals surface area contributed by atoms with Crippen LogP contribution in [0.4, 0.5) is 4.79 Å². The van der Waals surface area contributed by atoms with Gasteiger partial charge in [-0.2, -0.15) is 0 Å². The van der Waals surface area contributed by atoms with E-state index in [1.807, 2.05) is 0 Å². The number of amides is 2. The fraction of sp³-hybridized carbons (Fsp3) is 0.500. The Morgan fingerprint density at radius 3 is 2.41 bits per heavy atom. The number of urea groups is 1. The Morgan fingerprint density at radius 2 is 2.00 bits per heavy atom. The van der Waals surface area contributed by atoms with Crippen LogP contribution in [0, 0.1) is 12.3 Å². The van der Waals surface area contributed by atoms with Gasteiger partial charge in [-0.05, 0) is 6.42 Å². The van der Waals surface area contributed by atoms with Gasteiger partial charge >= 0.3 is 18.0 Å². The second-order valence-corrected chi connectivity index (χ2v) is 3.33. The third-order valence-corrected chi connectivity index (χ3v) is 1.92. The first-order chi connectivity index (χ1) is 7.88. The normalized spacial score (nSPS) is 11.1. The van der Waals surface area contributed by atoms with Gasteiger partial charge in [0, 0.05) is 13.5 Å². The molecule has 0 heterocycles.